The molecule has 2 aliphatic rings. The molecule has 31 heavy (non-hydrogen) atoms. The van der Waals surface area contributed by atoms with Gasteiger partial charge >= 0.3 is 5.97 Å². The van der Waals surface area contributed by atoms with E-state index in [1.54, 1.807) is 6.92 Å². The lowest BCUT2D eigenvalue weighted by atomic mass is 9.94. The van der Waals surface area contributed by atoms with Gasteiger partial charge in [-0.15, -0.1) is 15.0 Å². The molecule has 0 aliphatic heterocycles. The standard InChI is InChI=1S/C25H23N3O3/c1-14(2)25(30)31-13-17-5-4-6-23(24(17)29)28-26-21-8-7-16(12-22(21)27-28)20-11-18-10-19(20)9-15(18)3/h4-9,11-12,18-19,29H,1,10,13H2,2-3H3/i4D. The predicted octanol–water partition coefficient (Wildman–Crippen LogP) is 4.72. The third kappa shape index (κ3) is 3.34. The van der Waals surface area contributed by atoms with E-state index in [1.807, 2.05) is 12.1 Å². The molecule has 0 saturated carbocycles. The Bertz CT molecular complexity index is 1350. The molecule has 156 valence electrons. The molecule has 0 saturated heterocycles. The molecular formula is C25H23N3O3. The van der Waals surface area contributed by atoms with Crippen LogP contribution in [0, 0.1) is 11.8 Å². The molecule has 6 heteroatoms. The number of carbonyl (C=O) groups is 1. The molecule has 1 aromatic heterocycles. The Morgan fingerprint density at radius 2 is 2.06 bits per heavy atom. The molecule has 1 heterocycles. The van der Waals surface area contributed by atoms with Gasteiger partial charge in [-0.25, -0.2) is 4.79 Å². The molecule has 2 bridgehead atoms. The predicted molar refractivity (Wildman–Crippen MR) is 118 cm³/mol. The summed E-state index contributed by atoms with van der Waals surface area (Å²) in [6.07, 6.45) is 5.84. The Morgan fingerprint density at radius 3 is 2.77 bits per heavy atom. The number of aromatic nitrogens is 3. The normalized spacial score (nSPS) is 19.9. The number of ether oxygens (including phenoxy) is 1. The van der Waals surface area contributed by atoms with Crippen LogP contribution in [0.2, 0.25) is 0 Å². The minimum Gasteiger partial charge on any atom is -0.505 e. The number of para-hydroxylation sites is 1. The van der Waals surface area contributed by atoms with E-state index in [4.69, 9.17) is 6.11 Å². The zero-order valence-electron chi connectivity index (χ0n) is 18.4. The van der Waals surface area contributed by atoms with Crippen LogP contribution in [0.3, 0.4) is 0 Å². The van der Waals surface area contributed by atoms with Gasteiger partial charge in [0.1, 0.15) is 29.1 Å². The van der Waals surface area contributed by atoms with Gasteiger partial charge in [-0.2, -0.15) is 0 Å². The highest BCUT2D eigenvalue weighted by Crippen LogP contribution is 2.47. The summed E-state index contributed by atoms with van der Waals surface area (Å²) < 4.78 is 13.2. The fraction of sp³-hybridized carbons (Fsp3) is 0.240. The summed E-state index contributed by atoms with van der Waals surface area (Å²) in [5, 5.41) is 19.8. The number of fused-ring (bicyclic) bond motifs is 3. The molecule has 2 aromatic carbocycles. The average Bonchev–Trinajstić information content (AvgIpc) is 3.46. The van der Waals surface area contributed by atoms with Crippen molar-refractivity contribution < 1.29 is 16.0 Å². The number of aromatic hydroxyl groups is 1. The van der Waals surface area contributed by atoms with Crippen molar-refractivity contribution in [2.75, 3.05) is 0 Å². The van der Waals surface area contributed by atoms with Crippen LogP contribution in [0.1, 0.15) is 32.8 Å². The van der Waals surface area contributed by atoms with Crippen LogP contribution < -0.4 is 0 Å². The summed E-state index contributed by atoms with van der Waals surface area (Å²) in [6.45, 7) is 7.10. The third-order valence-electron chi connectivity index (χ3n) is 6.00. The van der Waals surface area contributed by atoms with Crippen LogP contribution >= 0.6 is 0 Å². The molecule has 2 aliphatic carbocycles. The van der Waals surface area contributed by atoms with Gasteiger partial charge in [-0.1, -0.05) is 42.5 Å². The molecule has 1 N–H and O–H groups in total. The van der Waals surface area contributed by atoms with Gasteiger partial charge < -0.3 is 9.84 Å². The molecule has 3 aromatic rings. The summed E-state index contributed by atoms with van der Waals surface area (Å²) in [6, 6.07) is 9.07. The van der Waals surface area contributed by atoms with E-state index in [1.165, 1.54) is 28.1 Å². The first-order valence-electron chi connectivity index (χ1n) is 10.7. The molecule has 0 amide bonds. The van der Waals surface area contributed by atoms with E-state index >= 15 is 0 Å². The molecule has 0 fully saturated rings. The summed E-state index contributed by atoms with van der Waals surface area (Å²) in [7, 11) is 0. The van der Waals surface area contributed by atoms with Gasteiger partial charge in [0.25, 0.3) is 0 Å². The lowest BCUT2D eigenvalue weighted by Crippen LogP contribution is -2.06. The number of hydrogen-bond donors (Lipinski definition) is 1. The van der Waals surface area contributed by atoms with Gasteiger partial charge in [-0.3, -0.25) is 0 Å². The fourth-order valence-electron chi connectivity index (χ4n) is 4.29. The minimum atomic E-state index is -0.559. The monoisotopic (exact) mass is 414 g/mol. The molecule has 2 atom stereocenters. The van der Waals surface area contributed by atoms with E-state index in [9.17, 15) is 9.90 Å². The maximum atomic E-state index is 11.7. The lowest BCUT2D eigenvalue weighted by Gasteiger charge is -2.11. The zero-order chi connectivity index (χ0) is 22.6. The molecule has 2 unspecified atom stereocenters. The number of nitrogens with zero attached hydrogens (tertiary/aromatic N) is 3. The van der Waals surface area contributed by atoms with E-state index in [2.05, 4.69) is 41.9 Å². The van der Waals surface area contributed by atoms with Crippen LogP contribution in [0.4, 0.5) is 0 Å². The second-order valence-corrected chi connectivity index (χ2v) is 8.25. The molecular weight excluding hydrogens is 390 g/mol. The van der Waals surface area contributed by atoms with E-state index in [-0.39, 0.29) is 29.7 Å². The van der Waals surface area contributed by atoms with Gasteiger partial charge in [0, 0.05) is 17.1 Å². The maximum absolute atomic E-state index is 11.7. The average molecular weight is 414 g/mol. The van der Waals surface area contributed by atoms with Crippen LogP contribution in [-0.2, 0) is 16.1 Å². The van der Waals surface area contributed by atoms with Crippen molar-refractivity contribution in [3.63, 3.8) is 0 Å². The van der Waals surface area contributed by atoms with Crippen LogP contribution in [0.25, 0.3) is 22.3 Å². The van der Waals surface area contributed by atoms with E-state index < -0.39 is 5.97 Å². The Labute approximate surface area is 181 Å². The fourth-order valence-corrected chi connectivity index (χ4v) is 4.29. The Morgan fingerprint density at radius 1 is 1.26 bits per heavy atom. The number of carbonyl (C=O) groups excluding carboxylic acids is 1. The Kier molecular flexibility index (Phi) is 4.23. The quantitative estimate of drug-likeness (QED) is 0.371. The van der Waals surface area contributed by atoms with Crippen LogP contribution in [-0.4, -0.2) is 26.1 Å². The van der Waals surface area contributed by atoms with Gasteiger partial charge in [0.15, 0.2) is 0 Å². The topological polar surface area (TPSA) is 77.2 Å². The van der Waals surface area contributed by atoms with Crippen molar-refractivity contribution in [1.82, 2.24) is 15.0 Å². The number of allylic oxidation sites excluding steroid dienone is 4. The first-order chi connectivity index (χ1) is 15.3. The summed E-state index contributed by atoms with van der Waals surface area (Å²) >= 11 is 0. The first kappa shape index (κ1) is 18.1. The first-order valence-corrected chi connectivity index (χ1v) is 10.2. The van der Waals surface area contributed by atoms with Crippen LogP contribution in [0.5, 0.6) is 5.75 Å². The Hall–Kier alpha value is -3.67. The van der Waals surface area contributed by atoms with Crippen molar-refractivity contribution in [2.45, 2.75) is 26.9 Å². The van der Waals surface area contributed by atoms with Crippen molar-refractivity contribution in [3.05, 3.63) is 77.4 Å². The smallest absolute Gasteiger partial charge is 0.333 e. The Balaban J connectivity index is 1.47. The number of phenols is 1. The number of phenolic OH excluding ortho intramolecular Hbond substituents is 1. The van der Waals surface area contributed by atoms with Gasteiger partial charge in [0.05, 0.1) is 1.37 Å². The molecule has 0 radical (unpaired) electrons. The number of rotatable bonds is 5. The number of benzene rings is 2. The van der Waals surface area contributed by atoms with Crippen molar-refractivity contribution in [3.8, 4) is 11.4 Å². The highest BCUT2D eigenvalue weighted by Gasteiger charge is 2.32. The summed E-state index contributed by atoms with van der Waals surface area (Å²) in [5.74, 6) is 0.306. The van der Waals surface area contributed by atoms with Crippen molar-refractivity contribution in [2.24, 2.45) is 11.8 Å². The highest BCUT2D eigenvalue weighted by molar-refractivity contribution is 5.87. The van der Waals surface area contributed by atoms with Crippen LogP contribution in [0.15, 0.2) is 66.3 Å². The summed E-state index contributed by atoms with van der Waals surface area (Å²) in [4.78, 5) is 13.0. The van der Waals surface area contributed by atoms with Crippen molar-refractivity contribution >= 4 is 22.6 Å². The number of esters is 1. The number of hydrogen-bond acceptors (Lipinski definition) is 5. The van der Waals surface area contributed by atoms with E-state index in [0.29, 0.717) is 28.4 Å². The second-order valence-electron chi connectivity index (χ2n) is 8.25. The maximum Gasteiger partial charge on any atom is 0.333 e. The molecule has 6 nitrogen and oxygen atoms in total. The summed E-state index contributed by atoms with van der Waals surface area (Å²) in [5.41, 5.74) is 6.13. The SMILES string of the molecule is [2H]c1cc(COC(=O)C(=C)C)c(O)c(-n2nc3ccc(C4=CC5CC4C=C5C)cc3n2)c1. The third-order valence-corrected chi connectivity index (χ3v) is 6.00. The highest BCUT2D eigenvalue weighted by atomic mass is 16.5. The second kappa shape index (κ2) is 7.23. The van der Waals surface area contributed by atoms with Gasteiger partial charge in [0.2, 0.25) is 0 Å². The van der Waals surface area contributed by atoms with Gasteiger partial charge in [-0.05, 0) is 55.5 Å². The van der Waals surface area contributed by atoms with Crippen molar-refractivity contribution in [1.29, 1.82) is 0 Å². The minimum absolute atomic E-state index is 0.132. The van der Waals surface area contributed by atoms with E-state index in [0.717, 1.165) is 12.0 Å². The lowest BCUT2D eigenvalue weighted by molar-refractivity contribution is -0.140. The largest absolute Gasteiger partial charge is 0.505 e. The molecule has 5 rings (SSSR count). The zero-order valence-corrected chi connectivity index (χ0v) is 17.4. The molecule has 0 spiro atoms.